The molecule has 6 heteroatoms. The van der Waals surface area contributed by atoms with Crippen LogP contribution in [0.2, 0.25) is 5.28 Å². The zero-order chi connectivity index (χ0) is 16.7. The highest BCUT2D eigenvalue weighted by Gasteiger charge is 2.29. The van der Waals surface area contributed by atoms with Crippen molar-refractivity contribution in [2.45, 2.75) is 35.6 Å². The van der Waals surface area contributed by atoms with Crippen molar-refractivity contribution >= 4 is 32.2 Å². The summed E-state index contributed by atoms with van der Waals surface area (Å²) in [4.78, 5) is 8.61. The molecule has 0 aliphatic heterocycles. The van der Waals surface area contributed by atoms with Crippen molar-refractivity contribution in [2.24, 2.45) is 0 Å². The highest BCUT2D eigenvalue weighted by molar-refractivity contribution is 7.91. The summed E-state index contributed by atoms with van der Waals surface area (Å²) in [7, 11) is -3.77. The number of aromatic nitrogens is 2. The number of hydrogen-bond acceptors (Lipinski definition) is 4. The van der Waals surface area contributed by atoms with Crippen LogP contribution in [0.4, 0.5) is 0 Å². The number of sulfone groups is 1. The molecule has 0 saturated carbocycles. The molecule has 1 aliphatic rings. The van der Waals surface area contributed by atoms with Crippen molar-refractivity contribution in [1.29, 1.82) is 0 Å². The van der Waals surface area contributed by atoms with Crippen LogP contribution in [-0.2, 0) is 22.7 Å². The molecular formula is C18H15ClN2O2S. The van der Waals surface area contributed by atoms with Gasteiger partial charge in [0.25, 0.3) is 0 Å². The standard InChI is InChI=1S/C18H15ClN2O2S/c19-18-20-15-10-4-3-9-14(15)17(21-18)24(22,23)16-11-5-7-12-6-1-2-8-13(12)16/h1-2,5-8,11H,3-4,9-10H2. The van der Waals surface area contributed by atoms with Gasteiger partial charge in [-0.15, -0.1) is 0 Å². The van der Waals surface area contributed by atoms with Crippen molar-refractivity contribution in [1.82, 2.24) is 9.97 Å². The van der Waals surface area contributed by atoms with Gasteiger partial charge in [-0.25, -0.2) is 18.4 Å². The molecule has 0 spiro atoms. The number of nitrogens with zero attached hydrogens (tertiary/aromatic N) is 2. The second kappa shape index (κ2) is 5.83. The molecule has 2 aromatic carbocycles. The number of benzene rings is 2. The lowest BCUT2D eigenvalue weighted by Crippen LogP contribution is -2.16. The summed E-state index contributed by atoms with van der Waals surface area (Å²) in [5.74, 6) is 0. The lowest BCUT2D eigenvalue weighted by atomic mass is 9.98. The molecule has 24 heavy (non-hydrogen) atoms. The molecule has 1 heterocycles. The number of halogens is 1. The molecule has 0 saturated heterocycles. The molecule has 3 aromatic rings. The van der Waals surface area contributed by atoms with Gasteiger partial charge < -0.3 is 0 Å². The van der Waals surface area contributed by atoms with E-state index in [1.54, 1.807) is 12.1 Å². The predicted molar refractivity (Wildman–Crippen MR) is 93.1 cm³/mol. The third-order valence-corrected chi connectivity index (χ3v) is 6.36. The van der Waals surface area contributed by atoms with E-state index in [4.69, 9.17) is 11.6 Å². The fourth-order valence-electron chi connectivity index (χ4n) is 3.29. The van der Waals surface area contributed by atoms with Crippen LogP contribution in [0.15, 0.2) is 52.4 Å². The first-order chi connectivity index (χ1) is 11.6. The van der Waals surface area contributed by atoms with Gasteiger partial charge in [0.2, 0.25) is 15.1 Å². The lowest BCUT2D eigenvalue weighted by Gasteiger charge is -2.18. The van der Waals surface area contributed by atoms with Gasteiger partial charge in [-0.05, 0) is 48.7 Å². The first-order valence-electron chi connectivity index (χ1n) is 7.85. The van der Waals surface area contributed by atoms with Gasteiger partial charge in [-0.1, -0.05) is 36.4 Å². The van der Waals surface area contributed by atoms with Gasteiger partial charge in [0.1, 0.15) is 0 Å². The minimum Gasteiger partial charge on any atom is -0.223 e. The topological polar surface area (TPSA) is 59.9 Å². The quantitative estimate of drug-likeness (QED) is 0.513. The summed E-state index contributed by atoms with van der Waals surface area (Å²) >= 11 is 6.01. The molecule has 4 nitrogen and oxygen atoms in total. The maximum Gasteiger partial charge on any atom is 0.224 e. The predicted octanol–water partition coefficient (Wildman–Crippen LogP) is 3.99. The molecule has 0 unspecified atom stereocenters. The van der Waals surface area contributed by atoms with E-state index in [2.05, 4.69) is 9.97 Å². The monoisotopic (exact) mass is 358 g/mol. The second-order valence-corrected chi connectivity index (χ2v) is 8.08. The van der Waals surface area contributed by atoms with Crippen molar-refractivity contribution < 1.29 is 8.42 Å². The van der Waals surface area contributed by atoms with Gasteiger partial charge in [0.05, 0.1) is 4.90 Å². The summed E-state index contributed by atoms with van der Waals surface area (Å²) in [5.41, 5.74) is 1.48. The Kier molecular flexibility index (Phi) is 3.77. The van der Waals surface area contributed by atoms with Crippen LogP contribution < -0.4 is 0 Å². The molecule has 122 valence electrons. The number of aryl methyl sites for hydroxylation is 1. The highest BCUT2D eigenvalue weighted by Crippen LogP contribution is 2.33. The molecule has 0 amide bonds. The summed E-state index contributed by atoms with van der Waals surface area (Å²) < 4.78 is 26.6. The van der Waals surface area contributed by atoms with E-state index in [0.717, 1.165) is 35.9 Å². The van der Waals surface area contributed by atoms with E-state index in [0.29, 0.717) is 11.8 Å². The average Bonchev–Trinajstić information content (AvgIpc) is 2.60. The van der Waals surface area contributed by atoms with Gasteiger partial charge in [-0.3, -0.25) is 0 Å². The fourth-order valence-corrected chi connectivity index (χ4v) is 5.22. The Morgan fingerprint density at radius 1 is 0.917 bits per heavy atom. The zero-order valence-electron chi connectivity index (χ0n) is 12.9. The van der Waals surface area contributed by atoms with Crippen molar-refractivity contribution in [3.8, 4) is 0 Å². The third-order valence-electron chi connectivity index (χ3n) is 4.41. The maximum atomic E-state index is 13.3. The van der Waals surface area contributed by atoms with Crippen molar-refractivity contribution in [3.05, 3.63) is 59.0 Å². The minimum absolute atomic E-state index is 0.00513. The lowest BCUT2D eigenvalue weighted by molar-refractivity contribution is 0.583. The van der Waals surface area contributed by atoms with Crippen molar-refractivity contribution in [3.63, 3.8) is 0 Å². The largest absolute Gasteiger partial charge is 0.224 e. The Morgan fingerprint density at radius 3 is 2.54 bits per heavy atom. The van der Waals surface area contributed by atoms with Gasteiger partial charge >= 0.3 is 0 Å². The smallest absolute Gasteiger partial charge is 0.223 e. The van der Waals surface area contributed by atoms with E-state index >= 15 is 0 Å². The summed E-state index contributed by atoms with van der Waals surface area (Å²) in [6.45, 7) is 0. The van der Waals surface area contributed by atoms with Crippen LogP contribution >= 0.6 is 11.6 Å². The van der Waals surface area contributed by atoms with E-state index in [-0.39, 0.29) is 15.2 Å². The molecule has 1 aliphatic carbocycles. The van der Waals surface area contributed by atoms with Gasteiger partial charge in [0, 0.05) is 16.6 Å². The average molecular weight is 359 g/mol. The molecule has 0 atom stereocenters. The SMILES string of the molecule is O=S(=O)(c1nc(Cl)nc2c1CCCC2)c1cccc2ccccc12. The minimum atomic E-state index is -3.77. The Morgan fingerprint density at radius 2 is 1.67 bits per heavy atom. The molecule has 0 fully saturated rings. The van der Waals surface area contributed by atoms with Gasteiger partial charge in [0.15, 0.2) is 5.03 Å². The number of rotatable bonds is 2. The van der Waals surface area contributed by atoms with Crippen LogP contribution in [0.5, 0.6) is 0 Å². The molecule has 0 radical (unpaired) electrons. The van der Waals surface area contributed by atoms with Gasteiger partial charge in [-0.2, -0.15) is 0 Å². The maximum absolute atomic E-state index is 13.3. The molecular weight excluding hydrogens is 344 g/mol. The van der Waals surface area contributed by atoms with E-state index in [1.807, 2.05) is 30.3 Å². The highest BCUT2D eigenvalue weighted by atomic mass is 35.5. The van der Waals surface area contributed by atoms with E-state index in [9.17, 15) is 8.42 Å². The Hall–Kier alpha value is -1.98. The van der Waals surface area contributed by atoms with Crippen molar-refractivity contribution in [2.75, 3.05) is 0 Å². The number of hydrogen-bond donors (Lipinski definition) is 0. The Bertz CT molecular complexity index is 1040. The van der Waals surface area contributed by atoms with Crippen LogP contribution in [0.3, 0.4) is 0 Å². The summed E-state index contributed by atoms with van der Waals surface area (Å²) in [6.07, 6.45) is 3.35. The normalized spacial score (nSPS) is 14.5. The third kappa shape index (κ3) is 2.48. The first-order valence-corrected chi connectivity index (χ1v) is 9.71. The van der Waals surface area contributed by atoms with Crippen LogP contribution in [0, 0.1) is 0 Å². The first kappa shape index (κ1) is 15.5. The molecule has 0 N–H and O–H groups in total. The Labute approximate surface area is 145 Å². The summed E-state index contributed by atoms with van der Waals surface area (Å²) in [5, 5.41) is 1.63. The molecule has 4 rings (SSSR count). The molecule has 1 aromatic heterocycles. The number of fused-ring (bicyclic) bond motifs is 2. The van der Waals surface area contributed by atoms with E-state index in [1.165, 1.54) is 0 Å². The summed E-state index contributed by atoms with van der Waals surface area (Å²) in [6, 6.07) is 12.7. The van der Waals surface area contributed by atoms with Crippen LogP contribution in [-0.4, -0.2) is 18.4 Å². The second-order valence-electron chi connectivity index (χ2n) is 5.91. The molecule has 0 bridgehead atoms. The van der Waals surface area contributed by atoms with Crippen LogP contribution in [0.25, 0.3) is 10.8 Å². The Balaban J connectivity index is 2.00. The zero-order valence-corrected chi connectivity index (χ0v) is 14.4. The fraction of sp³-hybridized carbons (Fsp3) is 0.222. The van der Waals surface area contributed by atoms with E-state index < -0.39 is 9.84 Å². The van der Waals surface area contributed by atoms with Crippen LogP contribution in [0.1, 0.15) is 24.1 Å².